The van der Waals surface area contributed by atoms with Crippen LogP contribution in [0.2, 0.25) is 0 Å². The molecule has 1 heterocycles. The van der Waals surface area contributed by atoms with Gasteiger partial charge in [0.25, 0.3) is 0 Å². The lowest BCUT2D eigenvalue weighted by Gasteiger charge is -2.44. The van der Waals surface area contributed by atoms with Gasteiger partial charge in [0.05, 0.1) is 12.6 Å². The van der Waals surface area contributed by atoms with Crippen molar-refractivity contribution in [1.82, 2.24) is 5.32 Å². The SMILES string of the molecule is CC(=O)N[C@H]1COCC(OC(C)=O)(OC(C)=O)[C@@H]1OC(C)=O. The van der Waals surface area contributed by atoms with Gasteiger partial charge in [0.2, 0.25) is 12.0 Å². The van der Waals surface area contributed by atoms with E-state index >= 15 is 0 Å². The summed E-state index contributed by atoms with van der Waals surface area (Å²) in [5.74, 6) is -4.57. The minimum absolute atomic E-state index is 0.00179. The van der Waals surface area contributed by atoms with Gasteiger partial charge in [0.15, 0.2) is 0 Å². The van der Waals surface area contributed by atoms with Gasteiger partial charge < -0.3 is 24.3 Å². The number of rotatable bonds is 4. The summed E-state index contributed by atoms with van der Waals surface area (Å²) in [6.07, 6.45) is -1.23. The second kappa shape index (κ2) is 7.21. The van der Waals surface area contributed by atoms with Crippen molar-refractivity contribution in [2.24, 2.45) is 0 Å². The Morgan fingerprint density at radius 2 is 1.55 bits per heavy atom. The van der Waals surface area contributed by atoms with Crippen LogP contribution < -0.4 is 5.32 Å². The fourth-order valence-electron chi connectivity index (χ4n) is 2.22. The van der Waals surface area contributed by atoms with Gasteiger partial charge >= 0.3 is 23.7 Å². The molecular weight excluding hydrogens is 298 g/mol. The number of amides is 1. The Kier molecular flexibility index (Phi) is 5.86. The number of nitrogens with one attached hydrogen (secondary N) is 1. The molecule has 1 rings (SSSR count). The van der Waals surface area contributed by atoms with E-state index in [1.807, 2.05) is 0 Å². The topological polar surface area (TPSA) is 117 Å². The molecule has 0 spiro atoms. The van der Waals surface area contributed by atoms with Gasteiger partial charge in [-0.2, -0.15) is 0 Å². The minimum atomic E-state index is -1.95. The van der Waals surface area contributed by atoms with E-state index in [2.05, 4.69) is 5.32 Å². The molecule has 1 aliphatic rings. The first-order valence-corrected chi connectivity index (χ1v) is 6.57. The van der Waals surface area contributed by atoms with Crippen LogP contribution >= 0.6 is 0 Å². The first-order chi connectivity index (χ1) is 10.2. The molecule has 1 saturated heterocycles. The fraction of sp³-hybridized carbons (Fsp3) is 0.692. The van der Waals surface area contributed by atoms with Gasteiger partial charge in [-0.05, 0) is 0 Å². The number of carbonyl (C=O) groups is 4. The monoisotopic (exact) mass is 317 g/mol. The van der Waals surface area contributed by atoms with E-state index in [9.17, 15) is 19.2 Å². The first-order valence-electron chi connectivity index (χ1n) is 6.57. The van der Waals surface area contributed by atoms with Crippen LogP contribution in [0.1, 0.15) is 27.7 Å². The Bertz CT molecular complexity index is 459. The normalized spacial score (nSPS) is 23.1. The summed E-state index contributed by atoms with van der Waals surface area (Å²) in [4.78, 5) is 45.3. The minimum Gasteiger partial charge on any atom is -0.452 e. The largest absolute Gasteiger partial charge is 0.452 e. The number of esters is 3. The Morgan fingerprint density at radius 3 is 1.95 bits per heavy atom. The van der Waals surface area contributed by atoms with E-state index in [1.165, 1.54) is 6.92 Å². The van der Waals surface area contributed by atoms with Gasteiger partial charge in [-0.1, -0.05) is 0 Å². The van der Waals surface area contributed by atoms with Crippen molar-refractivity contribution >= 4 is 23.8 Å². The molecule has 22 heavy (non-hydrogen) atoms. The van der Waals surface area contributed by atoms with Gasteiger partial charge in [-0.3, -0.25) is 19.2 Å². The lowest BCUT2D eigenvalue weighted by atomic mass is 9.99. The highest BCUT2D eigenvalue weighted by molar-refractivity contribution is 5.74. The average Bonchev–Trinajstić information content (AvgIpc) is 2.30. The van der Waals surface area contributed by atoms with Crippen molar-refractivity contribution in [2.75, 3.05) is 13.2 Å². The Balaban J connectivity index is 3.20. The molecule has 2 atom stereocenters. The molecule has 1 fully saturated rings. The van der Waals surface area contributed by atoms with E-state index in [0.717, 1.165) is 20.8 Å². The number of hydrogen-bond donors (Lipinski definition) is 1. The molecule has 1 amide bonds. The second-order valence-electron chi connectivity index (χ2n) is 4.85. The van der Waals surface area contributed by atoms with E-state index in [-0.39, 0.29) is 13.2 Å². The van der Waals surface area contributed by atoms with Crippen LogP contribution in [0.5, 0.6) is 0 Å². The maximum absolute atomic E-state index is 11.4. The zero-order valence-electron chi connectivity index (χ0n) is 12.8. The van der Waals surface area contributed by atoms with E-state index in [0.29, 0.717) is 0 Å². The van der Waals surface area contributed by atoms with Crippen molar-refractivity contribution in [3.05, 3.63) is 0 Å². The molecule has 9 heteroatoms. The zero-order chi connectivity index (χ0) is 16.9. The molecule has 0 aromatic carbocycles. The molecule has 0 aromatic rings. The van der Waals surface area contributed by atoms with Gasteiger partial charge in [-0.25, -0.2) is 0 Å². The van der Waals surface area contributed by atoms with Gasteiger partial charge in [0.1, 0.15) is 6.61 Å². The Hall–Kier alpha value is -2.16. The summed E-state index contributed by atoms with van der Waals surface area (Å²) in [6.45, 7) is 4.31. The third kappa shape index (κ3) is 4.69. The van der Waals surface area contributed by atoms with Crippen LogP contribution in [0.3, 0.4) is 0 Å². The highest BCUT2D eigenvalue weighted by Gasteiger charge is 2.55. The van der Waals surface area contributed by atoms with Crippen molar-refractivity contribution < 1.29 is 38.1 Å². The van der Waals surface area contributed by atoms with Crippen LogP contribution in [0.15, 0.2) is 0 Å². The molecular formula is C13H19NO8. The maximum atomic E-state index is 11.4. The van der Waals surface area contributed by atoms with Crippen LogP contribution in [0.25, 0.3) is 0 Å². The van der Waals surface area contributed by atoms with Crippen molar-refractivity contribution in [2.45, 2.75) is 45.6 Å². The highest BCUT2D eigenvalue weighted by Crippen LogP contribution is 2.29. The van der Waals surface area contributed by atoms with Crippen LogP contribution in [-0.4, -0.2) is 55.0 Å². The van der Waals surface area contributed by atoms with Crippen LogP contribution in [0, 0.1) is 0 Å². The maximum Gasteiger partial charge on any atom is 0.319 e. The quantitative estimate of drug-likeness (QED) is 0.533. The van der Waals surface area contributed by atoms with Crippen molar-refractivity contribution in [3.8, 4) is 0 Å². The van der Waals surface area contributed by atoms with Crippen LogP contribution in [0.4, 0.5) is 0 Å². The van der Waals surface area contributed by atoms with Crippen molar-refractivity contribution in [3.63, 3.8) is 0 Å². The van der Waals surface area contributed by atoms with Gasteiger partial charge in [-0.15, -0.1) is 0 Å². The Labute approximate surface area is 127 Å². The van der Waals surface area contributed by atoms with E-state index in [4.69, 9.17) is 18.9 Å². The number of ether oxygens (including phenoxy) is 4. The number of carbonyl (C=O) groups excluding carboxylic acids is 4. The highest BCUT2D eigenvalue weighted by atomic mass is 16.8. The summed E-state index contributed by atoms with van der Waals surface area (Å²) in [5.41, 5.74) is 0. The summed E-state index contributed by atoms with van der Waals surface area (Å²) in [5, 5.41) is 2.51. The Morgan fingerprint density at radius 1 is 1.00 bits per heavy atom. The zero-order valence-corrected chi connectivity index (χ0v) is 12.8. The van der Waals surface area contributed by atoms with Crippen molar-refractivity contribution in [1.29, 1.82) is 0 Å². The predicted octanol–water partition coefficient (Wildman–Crippen LogP) is -0.724. The molecule has 1 aliphatic heterocycles. The molecule has 1 N–H and O–H groups in total. The molecule has 0 radical (unpaired) electrons. The second-order valence-corrected chi connectivity index (χ2v) is 4.85. The first kappa shape index (κ1) is 17.9. The lowest BCUT2D eigenvalue weighted by Crippen LogP contribution is -2.66. The standard InChI is InChI=1S/C13H19NO8/c1-7(15)14-11-5-19-6-13(21-9(3)17,22-10(4)18)12(11)20-8(2)16/h11-12H,5-6H2,1-4H3,(H,14,15)/t11-,12+/m0/s1. The number of hydrogen-bond acceptors (Lipinski definition) is 8. The summed E-state index contributed by atoms with van der Waals surface area (Å²) in [6, 6.07) is -0.839. The molecule has 0 unspecified atom stereocenters. The molecule has 124 valence electrons. The smallest absolute Gasteiger partial charge is 0.319 e. The fourth-order valence-corrected chi connectivity index (χ4v) is 2.22. The third-order valence-corrected chi connectivity index (χ3v) is 2.71. The average molecular weight is 317 g/mol. The van der Waals surface area contributed by atoms with E-state index in [1.54, 1.807) is 0 Å². The molecule has 0 aliphatic carbocycles. The van der Waals surface area contributed by atoms with Crippen LogP contribution in [-0.2, 0) is 38.1 Å². The lowest BCUT2D eigenvalue weighted by molar-refractivity contribution is -0.300. The molecule has 0 aromatic heterocycles. The third-order valence-electron chi connectivity index (χ3n) is 2.71. The summed E-state index contributed by atoms with van der Waals surface area (Å²) < 4.78 is 20.5. The van der Waals surface area contributed by atoms with E-state index < -0.39 is 41.7 Å². The van der Waals surface area contributed by atoms with Gasteiger partial charge in [0, 0.05) is 27.7 Å². The predicted molar refractivity (Wildman–Crippen MR) is 70.2 cm³/mol. The molecule has 9 nitrogen and oxygen atoms in total. The summed E-state index contributed by atoms with van der Waals surface area (Å²) in [7, 11) is 0. The molecule has 0 saturated carbocycles. The summed E-state index contributed by atoms with van der Waals surface area (Å²) >= 11 is 0. The molecule has 0 bridgehead atoms.